The van der Waals surface area contributed by atoms with Crippen molar-refractivity contribution in [3.05, 3.63) is 24.2 Å². The van der Waals surface area contributed by atoms with Crippen molar-refractivity contribution in [2.24, 2.45) is 0 Å². The normalized spacial score (nSPS) is 18.9. The number of hydrogen-bond acceptors (Lipinski definition) is 4. The summed E-state index contributed by atoms with van der Waals surface area (Å²) in [5, 5.41) is 6.25. The zero-order chi connectivity index (χ0) is 13.5. The van der Waals surface area contributed by atoms with Gasteiger partial charge in [-0.1, -0.05) is 6.92 Å². The van der Waals surface area contributed by atoms with Crippen molar-refractivity contribution in [1.82, 2.24) is 15.5 Å². The van der Waals surface area contributed by atoms with E-state index in [-0.39, 0.29) is 5.91 Å². The van der Waals surface area contributed by atoms with E-state index in [9.17, 15) is 4.79 Å². The summed E-state index contributed by atoms with van der Waals surface area (Å²) in [7, 11) is 0. The molecule has 1 amide bonds. The molecule has 0 saturated carbocycles. The van der Waals surface area contributed by atoms with E-state index in [0.29, 0.717) is 19.1 Å². The molecule has 1 fully saturated rings. The van der Waals surface area contributed by atoms with Crippen LogP contribution < -0.4 is 10.6 Å². The Balaban J connectivity index is 1.77. The summed E-state index contributed by atoms with van der Waals surface area (Å²) in [6, 6.07) is 4.19. The van der Waals surface area contributed by atoms with E-state index in [0.717, 1.165) is 38.2 Å². The first-order chi connectivity index (χ1) is 9.29. The molecule has 0 radical (unpaired) electrons. The summed E-state index contributed by atoms with van der Waals surface area (Å²) in [6.45, 7) is 6.11. The Hall–Kier alpha value is -1.33. The number of furan rings is 1. The summed E-state index contributed by atoms with van der Waals surface area (Å²) >= 11 is 0. The van der Waals surface area contributed by atoms with E-state index in [2.05, 4.69) is 22.5 Å². The van der Waals surface area contributed by atoms with Gasteiger partial charge in [-0.3, -0.25) is 9.69 Å². The van der Waals surface area contributed by atoms with E-state index in [1.54, 1.807) is 6.26 Å². The van der Waals surface area contributed by atoms with Crippen molar-refractivity contribution in [2.75, 3.05) is 26.2 Å². The minimum Gasteiger partial charge on any atom is -0.467 e. The van der Waals surface area contributed by atoms with Gasteiger partial charge in [-0.25, -0.2) is 0 Å². The van der Waals surface area contributed by atoms with Crippen molar-refractivity contribution in [3.63, 3.8) is 0 Å². The fraction of sp³-hybridized carbons (Fsp3) is 0.643. The maximum Gasteiger partial charge on any atom is 0.234 e. The molecule has 1 aliphatic rings. The zero-order valence-corrected chi connectivity index (χ0v) is 11.5. The average Bonchev–Trinajstić information content (AvgIpc) is 3.09. The molecule has 2 heterocycles. The van der Waals surface area contributed by atoms with Gasteiger partial charge in [-0.05, 0) is 38.1 Å². The molecule has 0 aromatic carbocycles. The first-order valence-electron chi connectivity index (χ1n) is 7.03. The van der Waals surface area contributed by atoms with Crippen LogP contribution in [-0.4, -0.2) is 43.0 Å². The van der Waals surface area contributed by atoms with Crippen molar-refractivity contribution in [1.29, 1.82) is 0 Å². The van der Waals surface area contributed by atoms with Crippen LogP contribution in [0.1, 0.15) is 25.5 Å². The molecular weight excluding hydrogens is 242 g/mol. The first-order valence-corrected chi connectivity index (χ1v) is 7.03. The number of rotatable bonds is 7. The lowest BCUT2D eigenvalue weighted by molar-refractivity contribution is -0.123. The molecule has 2 rings (SSSR count). The van der Waals surface area contributed by atoms with Gasteiger partial charge in [0.05, 0.1) is 19.4 Å². The van der Waals surface area contributed by atoms with E-state index >= 15 is 0 Å². The summed E-state index contributed by atoms with van der Waals surface area (Å²) in [6.07, 6.45) is 3.82. The monoisotopic (exact) mass is 265 g/mol. The van der Waals surface area contributed by atoms with E-state index in [1.807, 2.05) is 12.1 Å². The molecule has 0 aliphatic carbocycles. The van der Waals surface area contributed by atoms with Gasteiger partial charge in [0, 0.05) is 12.6 Å². The molecule has 106 valence electrons. The molecule has 0 bridgehead atoms. The second-order valence-corrected chi connectivity index (χ2v) is 4.97. The first kappa shape index (κ1) is 14.1. The Bertz CT molecular complexity index is 372. The van der Waals surface area contributed by atoms with Gasteiger partial charge < -0.3 is 15.1 Å². The van der Waals surface area contributed by atoms with Crippen molar-refractivity contribution in [2.45, 2.75) is 32.4 Å². The van der Waals surface area contributed by atoms with Gasteiger partial charge in [0.1, 0.15) is 5.76 Å². The van der Waals surface area contributed by atoms with Crippen molar-refractivity contribution < 1.29 is 9.21 Å². The van der Waals surface area contributed by atoms with E-state index < -0.39 is 0 Å². The molecule has 1 aliphatic heterocycles. The van der Waals surface area contributed by atoms with Gasteiger partial charge in [-0.2, -0.15) is 0 Å². The van der Waals surface area contributed by atoms with Crippen LogP contribution in [0.4, 0.5) is 0 Å². The molecule has 1 aromatic heterocycles. The predicted octanol–water partition coefficient (Wildman–Crippen LogP) is 0.970. The van der Waals surface area contributed by atoms with Crippen molar-refractivity contribution in [3.8, 4) is 0 Å². The van der Waals surface area contributed by atoms with Crippen LogP contribution in [0.5, 0.6) is 0 Å². The number of carbonyl (C=O) groups excluding carboxylic acids is 1. The number of nitrogens with one attached hydrogen (secondary N) is 2. The highest BCUT2D eigenvalue weighted by Gasteiger charge is 2.23. The molecular formula is C14H23N3O2. The van der Waals surface area contributed by atoms with Crippen molar-refractivity contribution >= 4 is 5.91 Å². The minimum atomic E-state index is 0.0664. The number of amides is 1. The molecule has 19 heavy (non-hydrogen) atoms. The Labute approximate surface area is 114 Å². The molecule has 1 unspecified atom stereocenters. The lowest BCUT2D eigenvalue weighted by atomic mass is 10.2. The van der Waals surface area contributed by atoms with Crippen LogP contribution in [0, 0.1) is 0 Å². The second-order valence-electron chi connectivity index (χ2n) is 4.97. The smallest absolute Gasteiger partial charge is 0.234 e. The van der Waals surface area contributed by atoms with Crippen LogP contribution in [0.3, 0.4) is 0 Å². The largest absolute Gasteiger partial charge is 0.467 e. The SMILES string of the molecule is CCCN(CC(=O)NCc1ccco1)C1CCNC1. The predicted molar refractivity (Wildman–Crippen MR) is 73.7 cm³/mol. The molecule has 1 atom stereocenters. The zero-order valence-electron chi connectivity index (χ0n) is 11.5. The molecule has 1 aromatic rings. The number of nitrogens with zero attached hydrogens (tertiary/aromatic N) is 1. The van der Waals surface area contributed by atoms with E-state index in [1.165, 1.54) is 0 Å². The van der Waals surface area contributed by atoms with Gasteiger partial charge in [0.25, 0.3) is 0 Å². The lowest BCUT2D eigenvalue weighted by Crippen LogP contribution is -2.44. The van der Waals surface area contributed by atoms with Gasteiger partial charge >= 0.3 is 0 Å². The second kappa shape index (κ2) is 7.31. The van der Waals surface area contributed by atoms with Gasteiger partial charge in [0.2, 0.25) is 5.91 Å². The third-order valence-corrected chi connectivity index (χ3v) is 3.45. The molecule has 0 spiro atoms. The van der Waals surface area contributed by atoms with Gasteiger partial charge in [0.15, 0.2) is 0 Å². The summed E-state index contributed by atoms with van der Waals surface area (Å²) in [5.41, 5.74) is 0. The Morgan fingerprint density at radius 1 is 1.63 bits per heavy atom. The molecule has 5 heteroatoms. The van der Waals surface area contributed by atoms with Crippen LogP contribution in [-0.2, 0) is 11.3 Å². The van der Waals surface area contributed by atoms with Crippen LogP contribution >= 0.6 is 0 Å². The molecule has 1 saturated heterocycles. The fourth-order valence-electron chi connectivity index (χ4n) is 2.47. The maximum atomic E-state index is 12.0. The quantitative estimate of drug-likeness (QED) is 0.771. The third-order valence-electron chi connectivity index (χ3n) is 3.45. The minimum absolute atomic E-state index is 0.0664. The average molecular weight is 265 g/mol. The maximum absolute atomic E-state index is 12.0. The topological polar surface area (TPSA) is 57.5 Å². The molecule has 5 nitrogen and oxygen atoms in total. The van der Waals surface area contributed by atoms with Gasteiger partial charge in [-0.15, -0.1) is 0 Å². The highest BCUT2D eigenvalue weighted by Crippen LogP contribution is 2.08. The van der Waals surface area contributed by atoms with Crippen LogP contribution in [0.25, 0.3) is 0 Å². The highest BCUT2D eigenvalue weighted by atomic mass is 16.3. The Kier molecular flexibility index (Phi) is 5.42. The summed E-state index contributed by atoms with van der Waals surface area (Å²) < 4.78 is 5.20. The number of hydrogen-bond donors (Lipinski definition) is 2. The Morgan fingerprint density at radius 2 is 2.53 bits per heavy atom. The Morgan fingerprint density at radius 3 is 3.16 bits per heavy atom. The highest BCUT2D eigenvalue weighted by molar-refractivity contribution is 5.78. The standard InChI is InChI=1S/C14H23N3O2/c1-2-7-17(12-5-6-15-9-12)11-14(18)16-10-13-4-3-8-19-13/h3-4,8,12,15H,2,5-7,9-11H2,1H3,(H,16,18). The van der Waals surface area contributed by atoms with Crippen LogP contribution in [0.2, 0.25) is 0 Å². The van der Waals surface area contributed by atoms with Crippen LogP contribution in [0.15, 0.2) is 22.8 Å². The summed E-state index contributed by atoms with van der Waals surface area (Å²) in [4.78, 5) is 14.2. The molecule has 2 N–H and O–H groups in total. The lowest BCUT2D eigenvalue weighted by Gasteiger charge is -2.27. The summed E-state index contributed by atoms with van der Waals surface area (Å²) in [5.74, 6) is 0.856. The van der Waals surface area contributed by atoms with E-state index in [4.69, 9.17) is 4.42 Å². The fourth-order valence-corrected chi connectivity index (χ4v) is 2.47. The third kappa shape index (κ3) is 4.36. The number of carbonyl (C=O) groups is 1.